The number of anilines is 1. The average molecular weight is 468 g/mol. The predicted octanol–water partition coefficient (Wildman–Crippen LogP) is 1.85. The quantitative estimate of drug-likeness (QED) is 0.548. The topological polar surface area (TPSA) is 97.8 Å². The Hall–Kier alpha value is -2.81. The van der Waals surface area contributed by atoms with Gasteiger partial charge in [-0.05, 0) is 49.7 Å². The van der Waals surface area contributed by atoms with E-state index in [1.54, 1.807) is 23.4 Å². The molecule has 3 N–H and O–H groups in total. The summed E-state index contributed by atoms with van der Waals surface area (Å²) in [6.45, 7) is 7.87. The molecule has 3 atom stereocenters. The van der Waals surface area contributed by atoms with Crippen molar-refractivity contribution in [1.29, 1.82) is 0 Å². The number of aliphatic hydroxyl groups excluding tert-OH is 1. The van der Waals surface area contributed by atoms with E-state index < -0.39 is 18.2 Å². The number of amides is 2. The number of aliphatic hydroxyl groups is 1. The van der Waals surface area contributed by atoms with Gasteiger partial charge in [-0.1, -0.05) is 39.0 Å². The summed E-state index contributed by atoms with van der Waals surface area (Å²) in [6, 6.07) is 9.87. The third kappa shape index (κ3) is 6.40. The first kappa shape index (κ1) is 25.8. The molecule has 0 radical (unpaired) electrons. The van der Waals surface area contributed by atoms with Gasteiger partial charge in [-0.2, -0.15) is 0 Å². The minimum absolute atomic E-state index is 0.0448. The second-order valence-electron chi connectivity index (χ2n) is 10.1. The molecule has 2 amide bonds. The van der Waals surface area contributed by atoms with Gasteiger partial charge in [0.05, 0.1) is 12.1 Å². The number of β-amino-alcohol motifs (C(OH)–C–C–N with tert-alkyl or cyclic N) is 1. The molecule has 1 aliphatic rings. The first-order valence-electron chi connectivity index (χ1n) is 11.8. The Morgan fingerprint density at radius 2 is 1.91 bits per heavy atom. The highest BCUT2D eigenvalue weighted by molar-refractivity contribution is 6.03. The van der Waals surface area contributed by atoms with Crippen LogP contribution in [0.3, 0.4) is 0 Å². The number of carbonyl (C=O) groups excluding carboxylic acids is 2. The van der Waals surface area contributed by atoms with Crippen molar-refractivity contribution in [1.82, 2.24) is 20.5 Å². The number of hydrogen-bond donors (Lipinski definition) is 3. The number of nitrogens with zero attached hydrogens (tertiary/aromatic N) is 3. The molecule has 8 heteroatoms. The monoisotopic (exact) mass is 467 g/mol. The maximum atomic E-state index is 13.8. The number of rotatable bonds is 8. The van der Waals surface area contributed by atoms with Gasteiger partial charge in [0.25, 0.3) is 0 Å². The van der Waals surface area contributed by atoms with Gasteiger partial charge in [0.1, 0.15) is 6.04 Å². The molecule has 0 aliphatic carbocycles. The van der Waals surface area contributed by atoms with Gasteiger partial charge in [-0.15, -0.1) is 0 Å². The van der Waals surface area contributed by atoms with E-state index >= 15 is 0 Å². The van der Waals surface area contributed by atoms with Gasteiger partial charge >= 0.3 is 0 Å². The summed E-state index contributed by atoms with van der Waals surface area (Å²) in [7, 11) is 3.88. The molecule has 3 unspecified atom stereocenters. The molecular weight excluding hydrogens is 430 g/mol. The van der Waals surface area contributed by atoms with E-state index in [1.165, 1.54) is 0 Å². The van der Waals surface area contributed by atoms with E-state index in [9.17, 15) is 14.7 Å². The predicted molar refractivity (Wildman–Crippen MR) is 134 cm³/mol. The van der Waals surface area contributed by atoms with Crippen LogP contribution in [0.2, 0.25) is 0 Å². The summed E-state index contributed by atoms with van der Waals surface area (Å²) in [5.41, 5.74) is 2.33. The molecule has 184 valence electrons. The molecule has 0 saturated carbocycles. The lowest BCUT2D eigenvalue weighted by Crippen LogP contribution is -2.50. The number of benzene rings is 1. The average Bonchev–Trinajstić information content (AvgIpc) is 3.23. The number of pyridine rings is 1. The fraction of sp³-hybridized carbons (Fsp3) is 0.500. The van der Waals surface area contributed by atoms with Gasteiger partial charge in [-0.25, -0.2) is 0 Å². The van der Waals surface area contributed by atoms with Crippen LogP contribution < -0.4 is 15.5 Å². The molecule has 1 aliphatic heterocycles. The molecular formula is C26H37N5O3. The second kappa shape index (κ2) is 11.1. The molecule has 2 heterocycles. The Kier molecular flexibility index (Phi) is 8.41. The van der Waals surface area contributed by atoms with Crippen molar-refractivity contribution in [2.24, 2.45) is 0 Å². The zero-order valence-corrected chi connectivity index (χ0v) is 20.8. The maximum Gasteiger partial charge on any atom is 0.247 e. The Balaban J connectivity index is 2.04. The van der Waals surface area contributed by atoms with E-state index in [0.29, 0.717) is 37.3 Å². The highest BCUT2D eigenvalue weighted by Crippen LogP contribution is 2.32. The van der Waals surface area contributed by atoms with Crippen LogP contribution in [0.15, 0.2) is 48.8 Å². The second-order valence-corrected chi connectivity index (χ2v) is 10.1. The minimum Gasteiger partial charge on any atom is -0.392 e. The number of likely N-dealkylation sites (N-methyl/N-ethyl adjacent to an activating group) is 1. The van der Waals surface area contributed by atoms with Crippen molar-refractivity contribution in [3.05, 3.63) is 59.9 Å². The van der Waals surface area contributed by atoms with Gasteiger partial charge in [0.15, 0.2) is 0 Å². The summed E-state index contributed by atoms with van der Waals surface area (Å²) in [5.74, 6) is -0.529. The third-order valence-electron chi connectivity index (χ3n) is 6.02. The first-order valence-corrected chi connectivity index (χ1v) is 11.8. The van der Waals surface area contributed by atoms with Crippen LogP contribution >= 0.6 is 0 Å². The van der Waals surface area contributed by atoms with Crippen LogP contribution in [0.4, 0.5) is 5.69 Å². The first-order chi connectivity index (χ1) is 16.1. The zero-order chi connectivity index (χ0) is 24.9. The summed E-state index contributed by atoms with van der Waals surface area (Å²) in [5, 5.41) is 16.1. The van der Waals surface area contributed by atoms with Crippen LogP contribution in [-0.4, -0.2) is 72.7 Å². The molecule has 1 fully saturated rings. The number of nitrogens with one attached hydrogen (secondary N) is 2. The van der Waals surface area contributed by atoms with E-state index in [2.05, 4.69) is 36.4 Å². The van der Waals surface area contributed by atoms with E-state index in [0.717, 1.165) is 5.56 Å². The highest BCUT2D eigenvalue weighted by atomic mass is 16.3. The van der Waals surface area contributed by atoms with Gasteiger partial charge in [0, 0.05) is 43.3 Å². The number of aromatic nitrogens is 1. The van der Waals surface area contributed by atoms with Crippen LogP contribution in [-0.2, 0) is 15.0 Å². The number of carbonyl (C=O) groups is 2. The SMILES string of the molecule is CN(C)CCNC(=O)C(c1cccnc1)N(C(=O)C1CC(O)CN1)c1ccc(C(C)(C)C)cc1. The Bertz CT molecular complexity index is 957. The molecule has 0 bridgehead atoms. The summed E-state index contributed by atoms with van der Waals surface area (Å²) < 4.78 is 0. The molecule has 1 aromatic carbocycles. The molecule has 2 aromatic rings. The van der Waals surface area contributed by atoms with Crippen LogP contribution in [0, 0.1) is 0 Å². The standard InChI is InChI=1S/C26H37N5O3/c1-26(2,3)19-8-10-20(11-9-19)31(25(34)22-15-21(32)17-29-22)23(18-7-6-12-27-16-18)24(33)28-13-14-30(4)5/h6-12,16,21-23,29,32H,13-15,17H2,1-5H3,(H,28,33). The summed E-state index contributed by atoms with van der Waals surface area (Å²) in [4.78, 5) is 35.1. The van der Waals surface area contributed by atoms with Crippen molar-refractivity contribution in [3.63, 3.8) is 0 Å². The van der Waals surface area contributed by atoms with E-state index in [4.69, 9.17) is 0 Å². The van der Waals surface area contributed by atoms with Crippen molar-refractivity contribution < 1.29 is 14.7 Å². The lowest BCUT2D eigenvalue weighted by molar-refractivity contribution is -0.127. The van der Waals surface area contributed by atoms with Gasteiger partial charge in [-0.3, -0.25) is 19.5 Å². The highest BCUT2D eigenvalue weighted by Gasteiger charge is 2.39. The summed E-state index contributed by atoms with van der Waals surface area (Å²) in [6.07, 6.45) is 2.97. The van der Waals surface area contributed by atoms with Crippen molar-refractivity contribution in [2.45, 2.75) is 50.8 Å². The van der Waals surface area contributed by atoms with Gasteiger partial charge in [0.2, 0.25) is 11.8 Å². The minimum atomic E-state index is -0.900. The number of hydrogen-bond acceptors (Lipinski definition) is 6. The Labute approximate surface area is 202 Å². The Morgan fingerprint density at radius 3 is 2.44 bits per heavy atom. The molecule has 1 aromatic heterocycles. The smallest absolute Gasteiger partial charge is 0.247 e. The van der Waals surface area contributed by atoms with E-state index in [-0.39, 0.29) is 17.2 Å². The Morgan fingerprint density at radius 1 is 1.21 bits per heavy atom. The lowest BCUT2D eigenvalue weighted by atomic mass is 9.87. The fourth-order valence-corrected chi connectivity index (χ4v) is 4.05. The van der Waals surface area contributed by atoms with E-state index in [1.807, 2.05) is 49.3 Å². The molecule has 3 rings (SSSR count). The van der Waals surface area contributed by atoms with Crippen LogP contribution in [0.25, 0.3) is 0 Å². The zero-order valence-electron chi connectivity index (χ0n) is 20.8. The lowest BCUT2D eigenvalue weighted by Gasteiger charge is -2.33. The molecule has 0 spiro atoms. The van der Waals surface area contributed by atoms with Crippen LogP contribution in [0.1, 0.15) is 44.4 Å². The van der Waals surface area contributed by atoms with Crippen molar-refractivity contribution in [2.75, 3.05) is 38.6 Å². The summed E-state index contributed by atoms with van der Waals surface area (Å²) >= 11 is 0. The molecule has 8 nitrogen and oxygen atoms in total. The van der Waals surface area contributed by atoms with Crippen molar-refractivity contribution >= 4 is 17.5 Å². The third-order valence-corrected chi connectivity index (χ3v) is 6.02. The molecule has 34 heavy (non-hydrogen) atoms. The maximum absolute atomic E-state index is 13.8. The molecule has 1 saturated heterocycles. The van der Waals surface area contributed by atoms with Crippen molar-refractivity contribution in [3.8, 4) is 0 Å². The fourth-order valence-electron chi connectivity index (χ4n) is 4.05. The normalized spacial score (nSPS) is 19.1. The van der Waals surface area contributed by atoms with Crippen LogP contribution in [0.5, 0.6) is 0 Å². The van der Waals surface area contributed by atoms with Gasteiger partial charge < -0.3 is 20.6 Å². The largest absolute Gasteiger partial charge is 0.392 e.